The summed E-state index contributed by atoms with van der Waals surface area (Å²) in [6, 6.07) is 4.63. The summed E-state index contributed by atoms with van der Waals surface area (Å²) in [4.78, 5) is 23.9. The van der Waals surface area contributed by atoms with E-state index in [4.69, 9.17) is 21.1 Å². The second-order valence-electron chi connectivity index (χ2n) is 3.57. The van der Waals surface area contributed by atoms with Crippen molar-refractivity contribution in [3.8, 4) is 11.8 Å². The quantitative estimate of drug-likeness (QED) is 0.865. The third-order valence-corrected chi connectivity index (χ3v) is 2.51. The Morgan fingerprint density at radius 3 is 2.80 bits per heavy atom. The molecule has 0 radical (unpaired) electrons. The van der Waals surface area contributed by atoms with E-state index in [1.54, 1.807) is 12.1 Å². The highest BCUT2D eigenvalue weighted by molar-refractivity contribution is 6.29. The third-order valence-electron chi connectivity index (χ3n) is 2.31. The second kappa shape index (κ2) is 6.16. The number of halogens is 1. The number of methoxy groups -OCH3 is 2. The van der Waals surface area contributed by atoms with Gasteiger partial charge in [0.05, 0.1) is 14.2 Å². The van der Waals surface area contributed by atoms with E-state index >= 15 is 0 Å². The summed E-state index contributed by atoms with van der Waals surface area (Å²) in [6.45, 7) is 0. The maximum atomic E-state index is 12.1. The predicted molar refractivity (Wildman–Crippen MR) is 72.3 cm³/mol. The van der Waals surface area contributed by atoms with Crippen molar-refractivity contribution in [3.63, 3.8) is 0 Å². The highest BCUT2D eigenvalue weighted by Crippen LogP contribution is 2.18. The van der Waals surface area contributed by atoms with Crippen LogP contribution in [0.15, 0.2) is 24.4 Å². The van der Waals surface area contributed by atoms with E-state index in [2.05, 4.69) is 20.3 Å². The smallest absolute Gasteiger partial charge is 0.263 e. The van der Waals surface area contributed by atoms with Gasteiger partial charge in [0.25, 0.3) is 5.91 Å². The summed E-state index contributed by atoms with van der Waals surface area (Å²) in [5.41, 5.74) is 0.262. The van der Waals surface area contributed by atoms with Crippen LogP contribution in [-0.4, -0.2) is 35.1 Å². The molecule has 0 aliphatic rings. The Labute approximate surface area is 119 Å². The molecule has 0 atom stereocenters. The Morgan fingerprint density at radius 2 is 2.10 bits per heavy atom. The minimum absolute atomic E-state index is 0.0326. The standard InChI is InChI=1S/C12H11ClN4O3/c1-19-9-6-8(13)15-12(16-9)17-10(18)7-4-3-5-14-11(7)20-2/h3-6H,1-2H3,(H,15,16,17,18). The Balaban J connectivity index is 2.25. The first-order chi connectivity index (χ1) is 9.63. The Bertz CT molecular complexity index is 636. The highest BCUT2D eigenvalue weighted by atomic mass is 35.5. The maximum Gasteiger partial charge on any atom is 0.263 e. The molecule has 2 rings (SSSR count). The molecule has 7 nitrogen and oxygen atoms in total. The zero-order valence-electron chi connectivity index (χ0n) is 10.8. The first kappa shape index (κ1) is 14.0. The van der Waals surface area contributed by atoms with E-state index in [0.29, 0.717) is 0 Å². The second-order valence-corrected chi connectivity index (χ2v) is 3.96. The van der Waals surface area contributed by atoms with Crippen LogP contribution in [0.1, 0.15) is 10.4 Å². The van der Waals surface area contributed by atoms with Gasteiger partial charge in [0, 0.05) is 12.3 Å². The topological polar surface area (TPSA) is 86.2 Å². The monoisotopic (exact) mass is 294 g/mol. The van der Waals surface area contributed by atoms with Crippen LogP contribution in [0.25, 0.3) is 0 Å². The molecule has 104 valence electrons. The number of nitrogens with zero attached hydrogens (tertiary/aromatic N) is 3. The molecule has 0 saturated heterocycles. The number of hydrogen-bond donors (Lipinski definition) is 1. The van der Waals surface area contributed by atoms with E-state index in [0.717, 1.165) is 0 Å². The van der Waals surface area contributed by atoms with Gasteiger partial charge >= 0.3 is 0 Å². The van der Waals surface area contributed by atoms with Gasteiger partial charge in [0.15, 0.2) is 0 Å². The van der Waals surface area contributed by atoms with E-state index in [9.17, 15) is 4.79 Å². The molecule has 1 amide bonds. The number of pyridine rings is 1. The molecule has 0 bridgehead atoms. The highest BCUT2D eigenvalue weighted by Gasteiger charge is 2.15. The molecular weight excluding hydrogens is 284 g/mol. The molecule has 0 unspecified atom stereocenters. The van der Waals surface area contributed by atoms with Gasteiger partial charge in [-0.2, -0.15) is 4.98 Å². The van der Waals surface area contributed by atoms with Crippen LogP contribution in [0.3, 0.4) is 0 Å². The van der Waals surface area contributed by atoms with Crippen molar-refractivity contribution in [1.29, 1.82) is 0 Å². The van der Waals surface area contributed by atoms with Gasteiger partial charge < -0.3 is 9.47 Å². The number of nitrogens with one attached hydrogen (secondary N) is 1. The number of carbonyl (C=O) groups is 1. The lowest BCUT2D eigenvalue weighted by atomic mass is 10.2. The molecule has 8 heteroatoms. The average molecular weight is 295 g/mol. The van der Waals surface area contributed by atoms with E-state index < -0.39 is 5.91 Å². The normalized spacial score (nSPS) is 9.95. The number of carbonyl (C=O) groups excluding carboxylic acids is 1. The largest absolute Gasteiger partial charge is 0.481 e. The zero-order valence-corrected chi connectivity index (χ0v) is 11.5. The Hall–Kier alpha value is -2.41. The lowest BCUT2D eigenvalue weighted by Crippen LogP contribution is -2.16. The van der Waals surface area contributed by atoms with Gasteiger partial charge in [-0.1, -0.05) is 11.6 Å². The minimum Gasteiger partial charge on any atom is -0.481 e. The van der Waals surface area contributed by atoms with Crippen LogP contribution in [-0.2, 0) is 0 Å². The Morgan fingerprint density at radius 1 is 1.30 bits per heavy atom. The molecule has 20 heavy (non-hydrogen) atoms. The summed E-state index contributed by atoms with van der Waals surface area (Å²) in [5.74, 6) is 0.0296. The number of rotatable bonds is 4. The Kier molecular flexibility index (Phi) is 4.31. The number of anilines is 1. The first-order valence-corrected chi connectivity index (χ1v) is 5.90. The van der Waals surface area contributed by atoms with Gasteiger partial charge in [-0.15, -0.1) is 0 Å². The molecule has 2 heterocycles. The fourth-order valence-corrected chi connectivity index (χ4v) is 1.63. The van der Waals surface area contributed by atoms with Crippen LogP contribution < -0.4 is 14.8 Å². The predicted octanol–water partition coefficient (Wildman–Crippen LogP) is 1.79. The lowest BCUT2D eigenvalue weighted by molar-refractivity contribution is 0.102. The molecule has 2 aromatic heterocycles. The van der Waals surface area contributed by atoms with Crippen molar-refractivity contribution in [2.45, 2.75) is 0 Å². The average Bonchev–Trinajstić information content (AvgIpc) is 2.46. The van der Waals surface area contributed by atoms with Crippen LogP contribution >= 0.6 is 11.6 Å². The molecule has 0 fully saturated rings. The molecule has 0 aromatic carbocycles. The minimum atomic E-state index is -0.459. The van der Waals surface area contributed by atoms with Crippen molar-refractivity contribution in [2.24, 2.45) is 0 Å². The SMILES string of the molecule is COc1cc(Cl)nc(NC(=O)c2cccnc2OC)n1. The number of amides is 1. The van der Waals surface area contributed by atoms with Gasteiger partial charge in [0.2, 0.25) is 17.7 Å². The van der Waals surface area contributed by atoms with Gasteiger partial charge in [0.1, 0.15) is 10.7 Å². The molecule has 0 aliphatic carbocycles. The van der Waals surface area contributed by atoms with Crippen LogP contribution in [0.4, 0.5) is 5.95 Å². The summed E-state index contributed by atoms with van der Waals surface area (Å²) >= 11 is 5.80. The van der Waals surface area contributed by atoms with Crippen molar-refractivity contribution >= 4 is 23.5 Å². The number of ether oxygens (including phenoxy) is 2. The van der Waals surface area contributed by atoms with Crippen LogP contribution in [0.5, 0.6) is 11.8 Å². The summed E-state index contributed by atoms with van der Waals surface area (Å²) in [5, 5.41) is 2.66. The van der Waals surface area contributed by atoms with E-state index in [-0.39, 0.29) is 28.4 Å². The maximum absolute atomic E-state index is 12.1. The van der Waals surface area contributed by atoms with Crippen molar-refractivity contribution in [1.82, 2.24) is 15.0 Å². The molecule has 1 N–H and O–H groups in total. The van der Waals surface area contributed by atoms with Gasteiger partial charge in [-0.3, -0.25) is 10.1 Å². The number of aromatic nitrogens is 3. The summed E-state index contributed by atoms with van der Waals surface area (Å²) in [7, 11) is 2.87. The lowest BCUT2D eigenvalue weighted by Gasteiger charge is -2.08. The fourth-order valence-electron chi connectivity index (χ4n) is 1.45. The zero-order chi connectivity index (χ0) is 14.5. The molecular formula is C12H11ClN4O3. The van der Waals surface area contributed by atoms with Crippen LogP contribution in [0.2, 0.25) is 5.15 Å². The van der Waals surface area contributed by atoms with Crippen molar-refractivity contribution in [2.75, 3.05) is 19.5 Å². The summed E-state index contributed by atoms with van der Waals surface area (Å²) < 4.78 is 9.95. The first-order valence-electron chi connectivity index (χ1n) is 5.53. The number of hydrogen-bond acceptors (Lipinski definition) is 6. The van der Waals surface area contributed by atoms with Crippen LogP contribution in [0, 0.1) is 0 Å². The van der Waals surface area contributed by atoms with Crippen molar-refractivity contribution in [3.05, 3.63) is 35.1 Å². The van der Waals surface area contributed by atoms with Crippen molar-refractivity contribution < 1.29 is 14.3 Å². The summed E-state index contributed by atoms with van der Waals surface area (Å²) in [6.07, 6.45) is 1.52. The van der Waals surface area contributed by atoms with Gasteiger partial charge in [-0.25, -0.2) is 9.97 Å². The molecule has 2 aromatic rings. The van der Waals surface area contributed by atoms with E-state index in [1.165, 1.54) is 26.5 Å². The third kappa shape index (κ3) is 3.12. The molecule has 0 spiro atoms. The van der Waals surface area contributed by atoms with E-state index in [1.807, 2.05) is 0 Å². The molecule has 0 aliphatic heterocycles. The fraction of sp³-hybridized carbons (Fsp3) is 0.167. The molecule has 0 saturated carbocycles. The van der Waals surface area contributed by atoms with Gasteiger partial charge in [-0.05, 0) is 12.1 Å².